The second-order valence-electron chi connectivity index (χ2n) is 8.26. The number of nitrogens with zero attached hydrogens (tertiary/aromatic N) is 4. The number of morpholine rings is 1. The highest BCUT2D eigenvalue weighted by atomic mass is 16.5. The van der Waals surface area contributed by atoms with Gasteiger partial charge in [0.05, 0.1) is 26.4 Å². The number of hydrogen-bond donors (Lipinski definition) is 2. The molecule has 8 nitrogen and oxygen atoms in total. The lowest BCUT2D eigenvalue weighted by Crippen LogP contribution is -2.64. The molecule has 8 heteroatoms. The fourth-order valence-electron chi connectivity index (χ4n) is 4.72. The minimum Gasteiger partial charge on any atom is -0.497 e. The van der Waals surface area contributed by atoms with E-state index >= 15 is 0 Å². The first-order chi connectivity index (χ1) is 14.8. The normalized spacial score (nSPS) is 28.2. The summed E-state index contributed by atoms with van der Waals surface area (Å²) in [5.41, 5.74) is 1.28. The molecule has 30 heavy (non-hydrogen) atoms. The van der Waals surface area contributed by atoms with Crippen LogP contribution in [0.4, 0.5) is 0 Å². The van der Waals surface area contributed by atoms with Crippen LogP contribution in [0.1, 0.15) is 11.6 Å². The Morgan fingerprint density at radius 3 is 2.43 bits per heavy atom. The van der Waals surface area contributed by atoms with E-state index in [1.807, 2.05) is 19.2 Å². The van der Waals surface area contributed by atoms with E-state index in [9.17, 15) is 0 Å². The summed E-state index contributed by atoms with van der Waals surface area (Å²) >= 11 is 0. The summed E-state index contributed by atoms with van der Waals surface area (Å²) in [7, 11) is 3.56. The molecular weight excluding hydrogens is 380 g/mol. The van der Waals surface area contributed by atoms with Crippen molar-refractivity contribution in [1.82, 2.24) is 25.3 Å². The fraction of sp³-hybridized carbons (Fsp3) is 0.682. The largest absolute Gasteiger partial charge is 0.497 e. The average molecular weight is 417 g/mol. The van der Waals surface area contributed by atoms with Crippen LogP contribution in [-0.4, -0.2) is 113 Å². The molecule has 4 aliphatic heterocycles. The van der Waals surface area contributed by atoms with Crippen molar-refractivity contribution in [2.24, 2.45) is 4.99 Å². The third kappa shape index (κ3) is 5.24. The molecule has 4 fully saturated rings. The Bertz CT molecular complexity index is 683. The van der Waals surface area contributed by atoms with E-state index in [1.54, 1.807) is 7.11 Å². The van der Waals surface area contributed by atoms with Gasteiger partial charge in [0.15, 0.2) is 5.96 Å². The van der Waals surface area contributed by atoms with Crippen LogP contribution in [0.15, 0.2) is 29.3 Å². The van der Waals surface area contributed by atoms with Gasteiger partial charge in [-0.05, 0) is 17.7 Å². The highest BCUT2D eigenvalue weighted by Gasteiger charge is 2.31. The molecule has 2 bridgehead atoms. The lowest BCUT2D eigenvalue weighted by Gasteiger charge is -2.47. The Morgan fingerprint density at radius 1 is 1.10 bits per heavy atom. The maximum absolute atomic E-state index is 5.57. The van der Waals surface area contributed by atoms with Gasteiger partial charge in [-0.25, -0.2) is 0 Å². The lowest BCUT2D eigenvalue weighted by atomic mass is 10.0. The van der Waals surface area contributed by atoms with Crippen molar-refractivity contribution in [2.45, 2.75) is 12.1 Å². The molecular formula is C22H36N6O2. The minimum atomic E-state index is 0.263. The molecule has 2 N–H and O–H groups in total. The van der Waals surface area contributed by atoms with E-state index < -0.39 is 0 Å². The maximum atomic E-state index is 5.57. The van der Waals surface area contributed by atoms with Crippen molar-refractivity contribution in [2.75, 3.05) is 86.3 Å². The van der Waals surface area contributed by atoms with Crippen LogP contribution in [0.2, 0.25) is 0 Å². The van der Waals surface area contributed by atoms with Gasteiger partial charge in [-0.15, -0.1) is 0 Å². The first kappa shape index (κ1) is 21.4. The van der Waals surface area contributed by atoms with E-state index in [-0.39, 0.29) is 6.04 Å². The molecule has 0 saturated carbocycles. The molecule has 4 heterocycles. The van der Waals surface area contributed by atoms with E-state index in [0.717, 1.165) is 57.6 Å². The number of fused-ring (bicyclic) bond motifs is 3. The zero-order valence-electron chi connectivity index (χ0n) is 18.3. The number of rotatable bonds is 7. The van der Waals surface area contributed by atoms with Crippen molar-refractivity contribution in [1.29, 1.82) is 0 Å². The van der Waals surface area contributed by atoms with E-state index in [0.29, 0.717) is 6.04 Å². The molecule has 1 aromatic carbocycles. The molecule has 2 atom stereocenters. The number of benzene rings is 1. The van der Waals surface area contributed by atoms with Crippen molar-refractivity contribution in [3.63, 3.8) is 0 Å². The summed E-state index contributed by atoms with van der Waals surface area (Å²) in [6.07, 6.45) is 0. The standard InChI is InChI=1S/C22H36N6O2/c1-23-22(24-15-19-17-26-7-9-27(19)10-8-26)25-16-21(28-11-13-30-14-12-28)18-3-5-20(29-2)6-4-18/h3-6,19,21H,7-17H2,1-2H3,(H2,23,24,25). The zero-order chi connectivity index (χ0) is 20.8. The van der Waals surface area contributed by atoms with Crippen LogP contribution >= 0.6 is 0 Å². The molecule has 5 rings (SSSR count). The van der Waals surface area contributed by atoms with E-state index in [4.69, 9.17) is 9.47 Å². The number of methoxy groups -OCH3 is 1. The quantitative estimate of drug-likeness (QED) is 0.487. The summed E-state index contributed by atoms with van der Waals surface area (Å²) in [5, 5.41) is 7.13. The van der Waals surface area contributed by atoms with Crippen molar-refractivity contribution < 1.29 is 9.47 Å². The molecule has 2 unspecified atom stereocenters. The van der Waals surface area contributed by atoms with Gasteiger partial charge in [-0.1, -0.05) is 12.1 Å². The Morgan fingerprint density at radius 2 is 1.83 bits per heavy atom. The molecule has 0 radical (unpaired) electrons. The molecule has 1 aromatic rings. The molecule has 0 amide bonds. The van der Waals surface area contributed by atoms with Crippen LogP contribution in [0.3, 0.4) is 0 Å². The number of nitrogens with one attached hydrogen (secondary N) is 2. The number of ether oxygens (including phenoxy) is 2. The lowest BCUT2D eigenvalue weighted by molar-refractivity contribution is 0.0149. The summed E-state index contributed by atoms with van der Waals surface area (Å²) < 4.78 is 10.9. The molecule has 0 spiro atoms. The van der Waals surface area contributed by atoms with Crippen LogP contribution in [0.25, 0.3) is 0 Å². The maximum Gasteiger partial charge on any atom is 0.191 e. The summed E-state index contributed by atoms with van der Waals surface area (Å²) in [6, 6.07) is 9.24. The van der Waals surface area contributed by atoms with Crippen LogP contribution in [0, 0.1) is 0 Å². The van der Waals surface area contributed by atoms with Crippen molar-refractivity contribution >= 4 is 5.96 Å². The summed E-state index contributed by atoms with van der Waals surface area (Å²) in [4.78, 5) is 12.1. The van der Waals surface area contributed by atoms with Gasteiger partial charge < -0.3 is 20.1 Å². The Hall–Kier alpha value is -1.87. The molecule has 0 aliphatic carbocycles. The van der Waals surface area contributed by atoms with Crippen LogP contribution < -0.4 is 15.4 Å². The summed E-state index contributed by atoms with van der Waals surface area (Å²) in [6.45, 7) is 11.2. The third-order valence-electron chi connectivity index (χ3n) is 6.57. The minimum absolute atomic E-state index is 0.263. The van der Waals surface area contributed by atoms with Gasteiger partial charge in [0, 0.05) is 72.0 Å². The SMILES string of the molecule is CN=C(NCC1CN2CCN1CC2)NCC(c1ccc(OC)cc1)N1CCOCC1. The first-order valence-corrected chi connectivity index (χ1v) is 11.1. The number of guanidine groups is 1. The number of piperazine rings is 3. The second kappa shape index (κ2) is 10.4. The van der Waals surface area contributed by atoms with Crippen LogP contribution in [-0.2, 0) is 4.74 Å². The number of hydrogen-bond acceptors (Lipinski definition) is 6. The molecule has 166 valence electrons. The van der Waals surface area contributed by atoms with E-state index in [2.05, 4.69) is 42.5 Å². The van der Waals surface area contributed by atoms with Crippen LogP contribution in [0.5, 0.6) is 5.75 Å². The smallest absolute Gasteiger partial charge is 0.191 e. The highest BCUT2D eigenvalue weighted by molar-refractivity contribution is 5.79. The average Bonchev–Trinajstić information content (AvgIpc) is 2.83. The van der Waals surface area contributed by atoms with Crippen molar-refractivity contribution in [3.05, 3.63) is 29.8 Å². The van der Waals surface area contributed by atoms with Gasteiger partial charge in [0.2, 0.25) is 0 Å². The predicted molar refractivity (Wildman–Crippen MR) is 119 cm³/mol. The van der Waals surface area contributed by atoms with E-state index in [1.165, 1.54) is 31.7 Å². The van der Waals surface area contributed by atoms with Gasteiger partial charge in [0.1, 0.15) is 5.75 Å². The molecule has 0 aromatic heterocycles. The zero-order valence-corrected chi connectivity index (χ0v) is 18.3. The molecule has 4 saturated heterocycles. The Labute approximate surface area is 180 Å². The summed E-state index contributed by atoms with van der Waals surface area (Å²) in [5.74, 6) is 1.76. The topological polar surface area (TPSA) is 64.6 Å². The fourth-order valence-corrected chi connectivity index (χ4v) is 4.72. The first-order valence-electron chi connectivity index (χ1n) is 11.1. The predicted octanol–water partition coefficient (Wildman–Crippen LogP) is 0.233. The van der Waals surface area contributed by atoms with Gasteiger partial charge in [-0.3, -0.25) is 19.7 Å². The highest BCUT2D eigenvalue weighted by Crippen LogP contribution is 2.23. The molecule has 4 aliphatic rings. The monoisotopic (exact) mass is 416 g/mol. The van der Waals surface area contributed by atoms with Gasteiger partial charge in [0.25, 0.3) is 0 Å². The van der Waals surface area contributed by atoms with Crippen molar-refractivity contribution in [3.8, 4) is 5.75 Å². The van der Waals surface area contributed by atoms with Gasteiger partial charge >= 0.3 is 0 Å². The third-order valence-corrected chi connectivity index (χ3v) is 6.57. The van der Waals surface area contributed by atoms with Gasteiger partial charge in [-0.2, -0.15) is 0 Å². The Balaban J connectivity index is 1.35. The number of aliphatic imine (C=N–C) groups is 1. The second-order valence-corrected chi connectivity index (χ2v) is 8.26. The Kier molecular flexibility index (Phi) is 7.43.